The second-order valence-corrected chi connectivity index (χ2v) is 3.64. The number of hydrogen-bond acceptors (Lipinski definition) is 3. The van der Waals surface area contributed by atoms with E-state index in [9.17, 15) is 4.79 Å². The van der Waals surface area contributed by atoms with Gasteiger partial charge in [-0.3, -0.25) is 4.79 Å². The van der Waals surface area contributed by atoms with Gasteiger partial charge in [-0.15, -0.1) is 0 Å². The molecule has 1 aliphatic heterocycles. The summed E-state index contributed by atoms with van der Waals surface area (Å²) in [4.78, 5) is 14.0. The maximum atomic E-state index is 11.9. The highest BCUT2D eigenvalue weighted by Crippen LogP contribution is 2.30. The molecule has 84 valence electrons. The van der Waals surface area contributed by atoms with Gasteiger partial charge in [-0.25, -0.2) is 0 Å². The Morgan fingerprint density at radius 3 is 2.56 bits per heavy atom. The third kappa shape index (κ3) is 1.81. The lowest BCUT2D eigenvalue weighted by molar-refractivity contribution is 0.101. The zero-order chi connectivity index (χ0) is 11.5. The smallest absolute Gasteiger partial charge is 0.233 e. The molecule has 2 rings (SSSR count). The molecule has 0 N–H and O–H groups in total. The summed E-state index contributed by atoms with van der Waals surface area (Å²) in [7, 11) is 0. The number of rotatable bonds is 3. The van der Waals surface area contributed by atoms with Gasteiger partial charge in [-0.05, 0) is 26.0 Å². The van der Waals surface area contributed by atoms with Crippen LogP contribution >= 0.6 is 0 Å². The van der Waals surface area contributed by atoms with Gasteiger partial charge in [0.25, 0.3) is 0 Å². The Hall–Kier alpha value is -1.77. The van der Waals surface area contributed by atoms with Crippen LogP contribution in [-0.2, 0) is 0 Å². The van der Waals surface area contributed by atoms with Crippen LogP contribution in [0.5, 0.6) is 5.75 Å². The zero-order valence-electron chi connectivity index (χ0n) is 9.56. The molecule has 0 radical (unpaired) electrons. The van der Waals surface area contributed by atoms with Gasteiger partial charge in [0, 0.05) is 19.3 Å². The number of carbonyl (C=O) groups excluding carboxylic acids is 1. The molecule has 0 unspecified atom stereocenters. The average molecular weight is 217 g/mol. The number of fused-ring (bicyclic) bond motifs is 1. The van der Waals surface area contributed by atoms with E-state index in [0.29, 0.717) is 17.1 Å². The summed E-state index contributed by atoms with van der Waals surface area (Å²) >= 11 is 0. The zero-order valence-corrected chi connectivity index (χ0v) is 9.56. The highest BCUT2D eigenvalue weighted by atomic mass is 16.5. The van der Waals surface area contributed by atoms with Gasteiger partial charge in [0.15, 0.2) is 5.76 Å². The highest BCUT2D eigenvalue weighted by molar-refractivity contribution is 6.12. The summed E-state index contributed by atoms with van der Waals surface area (Å²) in [6.07, 6.45) is 1.79. The first-order chi connectivity index (χ1) is 7.76. The van der Waals surface area contributed by atoms with Crippen LogP contribution in [0.25, 0.3) is 0 Å². The fourth-order valence-corrected chi connectivity index (χ4v) is 1.70. The Labute approximate surface area is 95.3 Å². The van der Waals surface area contributed by atoms with Crippen molar-refractivity contribution in [3.05, 3.63) is 41.8 Å². The number of allylic oxidation sites excluding steroid dienone is 1. The first kappa shape index (κ1) is 10.7. The Kier molecular flexibility index (Phi) is 2.95. The predicted octanol–water partition coefficient (Wildman–Crippen LogP) is 2.44. The lowest BCUT2D eigenvalue weighted by Gasteiger charge is -2.15. The summed E-state index contributed by atoms with van der Waals surface area (Å²) < 4.78 is 5.52. The van der Waals surface area contributed by atoms with Crippen molar-refractivity contribution in [2.24, 2.45) is 0 Å². The molecule has 0 saturated heterocycles. The molecule has 0 amide bonds. The van der Waals surface area contributed by atoms with E-state index in [1.54, 1.807) is 12.3 Å². The van der Waals surface area contributed by atoms with Gasteiger partial charge in [0.2, 0.25) is 5.78 Å². The summed E-state index contributed by atoms with van der Waals surface area (Å²) in [6.45, 7) is 5.83. The Morgan fingerprint density at radius 2 is 1.94 bits per heavy atom. The SMILES string of the molecule is CCN(/C=C1/Oc2ccccc2C1=O)CC. The molecule has 0 aromatic heterocycles. The summed E-state index contributed by atoms with van der Waals surface area (Å²) in [5.41, 5.74) is 0.654. The van der Waals surface area contributed by atoms with E-state index < -0.39 is 0 Å². The minimum atomic E-state index is -0.0255. The number of benzene rings is 1. The second-order valence-electron chi connectivity index (χ2n) is 3.64. The molecular weight excluding hydrogens is 202 g/mol. The maximum Gasteiger partial charge on any atom is 0.233 e. The summed E-state index contributed by atoms with van der Waals surface area (Å²) in [6, 6.07) is 7.32. The molecule has 3 nitrogen and oxygen atoms in total. The molecule has 1 heterocycles. The van der Waals surface area contributed by atoms with Crippen LogP contribution < -0.4 is 4.74 Å². The molecule has 0 saturated carbocycles. The number of hydrogen-bond donors (Lipinski definition) is 0. The standard InChI is InChI=1S/C13H15NO2/c1-3-14(4-2)9-12-13(15)10-7-5-6-8-11(10)16-12/h5-9H,3-4H2,1-2H3/b12-9+. The third-order valence-corrected chi connectivity index (χ3v) is 2.69. The van der Waals surface area contributed by atoms with Gasteiger partial charge < -0.3 is 9.64 Å². The summed E-state index contributed by atoms with van der Waals surface area (Å²) in [5.74, 6) is 1.05. The van der Waals surface area contributed by atoms with Crippen LogP contribution in [-0.4, -0.2) is 23.8 Å². The Bertz CT molecular complexity index is 433. The van der Waals surface area contributed by atoms with Crippen molar-refractivity contribution in [2.75, 3.05) is 13.1 Å². The molecule has 0 atom stereocenters. The van der Waals surface area contributed by atoms with E-state index in [4.69, 9.17) is 4.74 Å². The van der Waals surface area contributed by atoms with Crippen LogP contribution in [0.1, 0.15) is 24.2 Å². The number of para-hydroxylation sites is 1. The molecule has 3 heteroatoms. The van der Waals surface area contributed by atoms with Crippen molar-refractivity contribution in [2.45, 2.75) is 13.8 Å². The second kappa shape index (κ2) is 4.39. The van der Waals surface area contributed by atoms with E-state index in [1.807, 2.05) is 36.9 Å². The van der Waals surface area contributed by atoms with Gasteiger partial charge in [0.1, 0.15) is 5.75 Å². The minimum absolute atomic E-state index is 0.0255. The molecule has 1 aromatic rings. The van der Waals surface area contributed by atoms with Crippen LogP contribution in [0.4, 0.5) is 0 Å². The third-order valence-electron chi connectivity index (χ3n) is 2.69. The molecule has 0 spiro atoms. The number of carbonyl (C=O) groups is 1. The fraction of sp³-hybridized carbons (Fsp3) is 0.308. The molecule has 16 heavy (non-hydrogen) atoms. The van der Waals surface area contributed by atoms with Gasteiger partial charge in [-0.2, -0.15) is 0 Å². The van der Waals surface area contributed by atoms with E-state index >= 15 is 0 Å². The van der Waals surface area contributed by atoms with Crippen molar-refractivity contribution < 1.29 is 9.53 Å². The first-order valence-electron chi connectivity index (χ1n) is 5.53. The average Bonchev–Trinajstić information content (AvgIpc) is 2.64. The van der Waals surface area contributed by atoms with Crippen molar-refractivity contribution in [1.29, 1.82) is 0 Å². The normalized spacial score (nSPS) is 16.1. The molecule has 0 aliphatic carbocycles. The predicted molar refractivity (Wildman–Crippen MR) is 62.4 cm³/mol. The Balaban J connectivity index is 2.28. The van der Waals surface area contributed by atoms with Crippen molar-refractivity contribution in [3.8, 4) is 5.75 Å². The van der Waals surface area contributed by atoms with Crippen LogP contribution in [0.2, 0.25) is 0 Å². The fourth-order valence-electron chi connectivity index (χ4n) is 1.70. The largest absolute Gasteiger partial charge is 0.451 e. The van der Waals surface area contributed by atoms with Crippen molar-refractivity contribution in [1.82, 2.24) is 4.90 Å². The maximum absolute atomic E-state index is 11.9. The van der Waals surface area contributed by atoms with Gasteiger partial charge in [0.05, 0.1) is 5.56 Å². The quantitative estimate of drug-likeness (QED) is 0.728. The molecular formula is C13H15NO2. The summed E-state index contributed by atoms with van der Waals surface area (Å²) in [5, 5.41) is 0. The van der Waals surface area contributed by atoms with E-state index in [1.165, 1.54) is 0 Å². The van der Waals surface area contributed by atoms with Gasteiger partial charge in [-0.1, -0.05) is 12.1 Å². The minimum Gasteiger partial charge on any atom is -0.451 e. The molecule has 1 aliphatic rings. The van der Waals surface area contributed by atoms with Gasteiger partial charge >= 0.3 is 0 Å². The number of ether oxygens (including phenoxy) is 1. The lowest BCUT2D eigenvalue weighted by Crippen LogP contribution is -2.18. The van der Waals surface area contributed by atoms with E-state index in [-0.39, 0.29) is 5.78 Å². The van der Waals surface area contributed by atoms with Crippen LogP contribution in [0.15, 0.2) is 36.2 Å². The number of nitrogens with zero attached hydrogens (tertiary/aromatic N) is 1. The topological polar surface area (TPSA) is 29.5 Å². The monoisotopic (exact) mass is 217 g/mol. The Morgan fingerprint density at radius 1 is 1.25 bits per heavy atom. The van der Waals surface area contributed by atoms with Crippen LogP contribution in [0, 0.1) is 0 Å². The number of Topliss-reactive ketones (excluding diaryl/α,β-unsaturated/α-hetero) is 1. The highest BCUT2D eigenvalue weighted by Gasteiger charge is 2.26. The lowest BCUT2D eigenvalue weighted by atomic mass is 10.1. The molecule has 0 fully saturated rings. The molecule has 0 bridgehead atoms. The molecule has 1 aromatic carbocycles. The number of ketones is 1. The first-order valence-corrected chi connectivity index (χ1v) is 5.53. The van der Waals surface area contributed by atoms with E-state index in [0.717, 1.165) is 13.1 Å². The van der Waals surface area contributed by atoms with Crippen molar-refractivity contribution >= 4 is 5.78 Å². The van der Waals surface area contributed by atoms with E-state index in [2.05, 4.69) is 0 Å². The van der Waals surface area contributed by atoms with Crippen LogP contribution in [0.3, 0.4) is 0 Å². The van der Waals surface area contributed by atoms with Crippen molar-refractivity contribution in [3.63, 3.8) is 0 Å².